The van der Waals surface area contributed by atoms with E-state index in [1.54, 1.807) is 11.3 Å². The van der Waals surface area contributed by atoms with Crippen LogP contribution in [0.2, 0.25) is 0 Å². The second-order valence-electron chi connectivity index (χ2n) is 3.64. The molecule has 0 amide bonds. The molecule has 0 aliphatic rings. The second kappa shape index (κ2) is 5.11. The zero-order chi connectivity index (χ0) is 12.3. The molecule has 17 heavy (non-hydrogen) atoms. The molecule has 5 nitrogen and oxygen atoms in total. The van der Waals surface area contributed by atoms with Gasteiger partial charge >= 0.3 is 5.69 Å². The van der Waals surface area contributed by atoms with Gasteiger partial charge in [0.05, 0.1) is 6.54 Å². The predicted molar refractivity (Wildman–Crippen MR) is 67.4 cm³/mol. The highest BCUT2D eigenvalue weighted by Crippen LogP contribution is 2.06. The van der Waals surface area contributed by atoms with Crippen LogP contribution in [0.3, 0.4) is 0 Å². The van der Waals surface area contributed by atoms with Gasteiger partial charge in [-0.1, -0.05) is 0 Å². The maximum atomic E-state index is 12.0. The van der Waals surface area contributed by atoms with Crippen molar-refractivity contribution < 1.29 is 0 Å². The lowest BCUT2D eigenvalue weighted by Gasteiger charge is -2.07. The standard InChI is InChI=1S/C11H13N3O2S/c12-3-5-14-10(15)1-4-13(11(14)16)7-9-2-6-17-8-9/h1-2,4,6,8H,3,5,7,12H2. The zero-order valence-corrected chi connectivity index (χ0v) is 10.0. The Hall–Kier alpha value is -1.66. The minimum atomic E-state index is -0.311. The van der Waals surface area contributed by atoms with Gasteiger partial charge < -0.3 is 5.73 Å². The van der Waals surface area contributed by atoms with Crippen molar-refractivity contribution in [2.24, 2.45) is 5.73 Å². The van der Waals surface area contributed by atoms with E-state index in [0.717, 1.165) is 10.1 Å². The number of nitrogens with two attached hydrogens (primary N) is 1. The molecule has 90 valence electrons. The van der Waals surface area contributed by atoms with Crippen LogP contribution < -0.4 is 17.0 Å². The number of thiophene rings is 1. The molecule has 2 aromatic heterocycles. The van der Waals surface area contributed by atoms with E-state index in [-0.39, 0.29) is 24.3 Å². The lowest BCUT2D eigenvalue weighted by molar-refractivity contribution is 0.580. The molecule has 0 saturated carbocycles. The van der Waals surface area contributed by atoms with Crippen LogP contribution in [-0.2, 0) is 13.1 Å². The van der Waals surface area contributed by atoms with Gasteiger partial charge in [0.15, 0.2) is 0 Å². The van der Waals surface area contributed by atoms with E-state index in [1.165, 1.54) is 16.8 Å². The van der Waals surface area contributed by atoms with E-state index in [4.69, 9.17) is 5.73 Å². The summed E-state index contributed by atoms with van der Waals surface area (Å²) < 4.78 is 2.67. The molecule has 0 aliphatic carbocycles. The summed E-state index contributed by atoms with van der Waals surface area (Å²) in [6, 6.07) is 3.35. The van der Waals surface area contributed by atoms with Gasteiger partial charge in [-0.2, -0.15) is 11.3 Å². The quantitative estimate of drug-likeness (QED) is 0.836. The molecule has 0 atom stereocenters. The first kappa shape index (κ1) is 11.8. The lowest BCUT2D eigenvalue weighted by Crippen LogP contribution is -2.40. The normalized spacial score (nSPS) is 10.6. The van der Waals surface area contributed by atoms with Gasteiger partial charge in [-0.25, -0.2) is 4.79 Å². The van der Waals surface area contributed by atoms with Crippen molar-refractivity contribution >= 4 is 11.3 Å². The van der Waals surface area contributed by atoms with E-state index in [9.17, 15) is 9.59 Å². The highest BCUT2D eigenvalue weighted by atomic mass is 32.1. The number of rotatable bonds is 4. The molecule has 0 aromatic carbocycles. The van der Waals surface area contributed by atoms with Gasteiger partial charge in [0.1, 0.15) is 0 Å². The van der Waals surface area contributed by atoms with Crippen molar-refractivity contribution in [3.05, 3.63) is 55.5 Å². The summed E-state index contributed by atoms with van der Waals surface area (Å²) >= 11 is 1.58. The number of hydrogen-bond donors (Lipinski definition) is 1. The molecule has 0 fully saturated rings. The summed E-state index contributed by atoms with van der Waals surface area (Å²) in [6.45, 7) is 1.01. The molecule has 2 N–H and O–H groups in total. The minimum absolute atomic E-state index is 0.252. The average Bonchev–Trinajstić information content (AvgIpc) is 2.81. The second-order valence-corrected chi connectivity index (χ2v) is 4.42. The predicted octanol–water partition coefficient (Wildman–Crippen LogP) is 0.0785. The van der Waals surface area contributed by atoms with Crippen LogP contribution in [0.1, 0.15) is 5.56 Å². The first-order valence-electron chi connectivity index (χ1n) is 5.24. The van der Waals surface area contributed by atoms with Gasteiger partial charge in [0, 0.05) is 25.4 Å². The summed E-state index contributed by atoms with van der Waals surface area (Å²) in [4.78, 5) is 23.5. The summed E-state index contributed by atoms with van der Waals surface area (Å²) in [7, 11) is 0. The Bertz CT molecular complexity index is 598. The van der Waals surface area contributed by atoms with Crippen LogP contribution in [0.15, 0.2) is 38.7 Å². The first-order valence-corrected chi connectivity index (χ1v) is 6.18. The molecule has 6 heteroatoms. The number of aromatic nitrogens is 2. The van der Waals surface area contributed by atoms with Crippen molar-refractivity contribution in [2.45, 2.75) is 13.1 Å². The smallest absolute Gasteiger partial charge is 0.329 e. The van der Waals surface area contributed by atoms with Gasteiger partial charge in [0.2, 0.25) is 0 Å². The monoisotopic (exact) mass is 251 g/mol. The molecule has 0 bridgehead atoms. The Balaban J connectivity index is 2.39. The van der Waals surface area contributed by atoms with Crippen LogP contribution in [0, 0.1) is 0 Å². The van der Waals surface area contributed by atoms with Gasteiger partial charge in [-0.3, -0.25) is 13.9 Å². The fourth-order valence-corrected chi connectivity index (χ4v) is 2.25. The highest BCUT2D eigenvalue weighted by Gasteiger charge is 2.04. The highest BCUT2D eigenvalue weighted by molar-refractivity contribution is 7.07. The Kier molecular flexibility index (Phi) is 3.55. The Morgan fingerprint density at radius 3 is 2.76 bits per heavy atom. The molecule has 0 saturated heterocycles. The van der Waals surface area contributed by atoms with E-state index >= 15 is 0 Å². The van der Waals surface area contributed by atoms with Crippen molar-refractivity contribution in [1.82, 2.24) is 9.13 Å². The average molecular weight is 251 g/mol. The third-order valence-corrected chi connectivity index (χ3v) is 3.16. The van der Waals surface area contributed by atoms with E-state index in [0.29, 0.717) is 6.54 Å². The Morgan fingerprint density at radius 1 is 1.29 bits per heavy atom. The summed E-state index contributed by atoms with van der Waals surface area (Å²) in [5.41, 5.74) is 5.81. The van der Waals surface area contributed by atoms with Crippen molar-refractivity contribution in [3.63, 3.8) is 0 Å². The summed E-state index contributed by atoms with van der Waals surface area (Å²) in [5, 5.41) is 3.93. The lowest BCUT2D eigenvalue weighted by atomic mass is 10.3. The topological polar surface area (TPSA) is 70.0 Å². The molecule has 0 aliphatic heterocycles. The molecule has 0 unspecified atom stereocenters. The third-order valence-electron chi connectivity index (χ3n) is 2.43. The molecular weight excluding hydrogens is 238 g/mol. The van der Waals surface area contributed by atoms with Gasteiger partial charge in [0.25, 0.3) is 5.56 Å². The molecular formula is C11H13N3O2S. The first-order chi connectivity index (χ1) is 8.22. The van der Waals surface area contributed by atoms with Gasteiger partial charge in [-0.05, 0) is 22.4 Å². The molecule has 2 rings (SSSR count). The van der Waals surface area contributed by atoms with Crippen LogP contribution in [0.5, 0.6) is 0 Å². The molecule has 2 aromatic rings. The Labute approximate surface area is 102 Å². The fourth-order valence-electron chi connectivity index (χ4n) is 1.59. The Morgan fingerprint density at radius 2 is 2.12 bits per heavy atom. The van der Waals surface area contributed by atoms with E-state index < -0.39 is 0 Å². The van der Waals surface area contributed by atoms with Crippen LogP contribution in [-0.4, -0.2) is 15.7 Å². The van der Waals surface area contributed by atoms with Crippen LogP contribution in [0.25, 0.3) is 0 Å². The zero-order valence-electron chi connectivity index (χ0n) is 9.20. The van der Waals surface area contributed by atoms with Gasteiger partial charge in [-0.15, -0.1) is 0 Å². The van der Waals surface area contributed by atoms with Crippen molar-refractivity contribution in [3.8, 4) is 0 Å². The molecule has 0 spiro atoms. The number of hydrogen-bond acceptors (Lipinski definition) is 4. The SMILES string of the molecule is NCCn1c(=O)ccn(Cc2ccsc2)c1=O. The largest absolute Gasteiger partial charge is 0.331 e. The molecule has 0 radical (unpaired) electrons. The van der Waals surface area contributed by atoms with E-state index in [2.05, 4.69) is 0 Å². The summed E-state index contributed by atoms with van der Waals surface area (Å²) in [5.74, 6) is 0. The fraction of sp³-hybridized carbons (Fsp3) is 0.273. The van der Waals surface area contributed by atoms with Crippen molar-refractivity contribution in [1.29, 1.82) is 0 Å². The minimum Gasteiger partial charge on any atom is -0.329 e. The summed E-state index contributed by atoms with van der Waals surface area (Å²) in [6.07, 6.45) is 1.52. The molecule has 2 heterocycles. The third kappa shape index (κ3) is 2.54. The van der Waals surface area contributed by atoms with Crippen LogP contribution >= 0.6 is 11.3 Å². The van der Waals surface area contributed by atoms with Crippen molar-refractivity contribution in [2.75, 3.05) is 6.54 Å². The number of nitrogens with zero attached hydrogens (tertiary/aromatic N) is 2. The van der Waals surface area contributed by atoms with Crippen LogP contribution in [0.4, 0.5) is 0 Å². The maximum absolute atomic E-state index is 12.0. The maximum Gasteiger partial charge on any atom is 0.331 e. The van der Waals surface area contributed by atoms with E-state index in [1.807, 2.05) is 16.8 Å².